The summed E-state index contributed by atoms with van der Waals surface area (Å²) in [5, 5.41) is 5.76. The Hall–Kier alpha value is -0.720. The molecular weight excluding hydrogens is 302 g/mol. The maximum Gasteiger partial charge on any atom is 0.317 e. The van der Waals surface area contributed by atoms with E-state index in [2.05, 4.69) is 41.6 Å². The van der Waals surface area contributed by atoms with Crippen molar-refractivity contribution < 1.29 is 4.79 Å². The minimum absolute atomic E-state index is 0.0927. The second kappa shape index (κ2) is 8.66. The van der Waals surface area contributed by atoms with Crippen LogP contribution in [0.3, 0.4) is 0 Å². The van der Waals surface area contributed by atoms with E-state index < -0.39 is 0 Å². The summed E-state index contributed by atoms with van der Waals surface area (Å²) in [6.45, 7) is 9.72. The quantitative estimate of drug-likeness (QED) is 0.816. The molecule has 0 bridgehead atoms. The molecule has 0 unspecified atom stereocenters. The molecule has 1 aromatic rings. The van der Waals surface area contributed by atoms with Crippen LogP contribution in [0.15, 0.2) is 17.5 Å². The van der Waals surface area contributed by atoms with Gasteiger partial charge in [0.2, 0.25) is 0 Å². The third-order valence-corrected chi connectivity index (χ3v) is 5.42. The number of hydrogen-bond acceptors (Lipinski definition) is 4. The maximum atomic E-state index is 12.1. The van der Waals surface area contributed by atoms with Gasteiger partial charge in [0.15, 0.2) is 0 Å². The van der Waals surface area contributed by atoms with Crippen LogP contribution in [0.2, 0.25) is 0 Å². The average Bonchev–Trinajstić information content (AvgIpc) is 2.97. The highest BCUT2D eigenvalue weighted by molar-refractivity contribution is 7.99. The summed E-state index contributed by atoms with van der Waals surface area (Å²) in [7, 11) is 0. The predicted octanol–water partition coefficient (Wildman–Crippen LogP) is 2.72. The van der Waals surface area contributed by atoms with Gasteiger partial charge in [-0.3, -0.25) is 4.90 Å². The number of nitrogens with one attached hydrogen (secondary N) is 1. The molecule has 1 aliphatic rings. The zero-order valence-corrected chi connectivity index (χ0v) is 14.5. The van der Waals surface area contributed by atoms with Crippen molar-refractivity contribution >= 4 is 29.1 Å². The Bertz CT molecular complexity index is 415. The first-order chi connectivity index (χ1) is 10.1. The fourth-order valence-electron chi connectivity index (χ4n) is 2.30. The average molecular weight is 328 g/mol. The molecule has 0 aliphatic carbocycles. The molecule has 2 amide bonds. The van der Waals surface area contributed by atoms with Gasteiger partial charge in [-0.25, -0.2) is 4.79 Å². The Balaban J connectivity index is 1.62. The number of nitrogens with zero attached hydrogens (tertiary/aromatic N) is 2. The number of thioether (sulfide) groups is 1. The lowest BCUT2D eigenvalue weighted by atomic mass is 10.3. The van der Waals surface area contributed by atoms with Gasteiger partial charge in [0.05, 0.1) is 0 Å². The second-order valence-electron chi connectivity index (χ2n) is 5.49. The van der Waals surface area contributed by atoms with Crippen LogP contribution in [-0.4, -0.2) is 59.6 Å². The van der Waals surface area contributed by atoms with E-state index in [9.17, 15) is 4.79 Å². The molecule has 0 atom stereocenters. The van der Waals surface area contributed by atoms with Gasteiger partial charge in [-0.2, -0.15) is 11.8 Å². The van der Waals surface area contributed by atoms with Crippen LogP contribution in [0.5, 0.6) is 0 Å². The molecule has 21 heavy (non-hydrogen) atoms. The fraction of sp³-hybridized carbons (Fsp3) is 0.667. The number of carbonyl (C=O) groups excluding carboxylic acids is 1. The standard InChI is InChI=1S/C15H25N3OS2/c1-13(2)20-11-5-16-15(19)18-8-6-17(7-9-18)12-14-4-3-10-21-14/h3-4,10,13H,5-9,11-12H2,1-2H3,(H,16,19). The van der Waals surface area contributed by atoms with Crippen LogP contribution in [0.1, 0.15) is 18.7 Å². The Labute approximate surface area is 135 Å². The number of thiophene rings is 1. The van der Waals surface area contributed by atoms with E-state index >= 15 is 0 Å². The summed E-state index contributed by atoms with van der Waals surface area (Å²) in [6.07, 6.45) is 0. The highest BCUT2D eigenvalue weighted by Gasteiger charge is 2.20. The number of rotatable bonds is 6. The molecule has 1 fully saturated rings. The van der Waals surface area contributed by atoms with Crippen LogP contribution in [0.25, 0.3) is 0 Å². The molecule has 1 saturated heterocycles. The first-order valence-corrected chi connectivity index (χ1v) is 9.47. The molecule has 0 saturated carbocycles. The molecule has 1 aliphatic heterocycles. The van der Waals surface area contributed by atoms with Gasteiger partial charge >= 0.3 is 6.03 Å². The Morgan fingerprint density at radius 3 is 2.76 bits per heavy atom. The molecule has 0 spiro atoms. The zero-order chi connectivity index (χ0) is 15.1. The first-order valence-electron chi connectivity index (χ1n) is 7.54. The topological polar surface area (TPSA) is 35.6 Å². The Morgan fingerprint density at radius 1 is 1.38 bits per heavy atom. The lowest BCUT2D eigenvalue weighted by Gasteiger charge is -2.34. The Morgan fingerprint density at radius 2 is 2.14 bits per heavy atom. The van der Waals surface area contributed by atoms with E-state index in [-0.39, 0.29) is 6.03 Å². The number of hydrogen-bond donors (Lipinski definition) is 1. The second-order valence-corrected chi connectivity index (χ2v) is 8.21. The van der Waals surface area contributed by atoms with Gasteiger partial charge in [-0.15, -0.1) is 11.3 Å². The zero-order valence-electron chi connectivity index (χ0n) is 12.9. The molecule has 0 radical (unpaired) electrons. The first kappa shape index (κ1) is 16.6. The lowest BCUT2D eigenvalue weighted by molar-refractivity contribution is 0.136. The summed E-state index contributed by atoms with van der Waals surface area (Å²) in [4.78, 5) is 17.8. The van der Waals surface area contributed by atoms with E-state index in [0.29, 0.717) is 5.25 Å². The molecule has 0 aromatic carbocycles. The van der Waals surface area contributed by atoms with E-state index in [1.54, 1.807) is 11.3 Å². The molecular formula is C15H25N3OS2. The normalized spacial score (nSPS) is 16.4. The van der Waals surface area contributed by atoms with Crippen LogP contribution in [-0.2, 0) is 6.54 Å². The minimum atomic E-state index is 0.0927. The minimum Gasteiger partial charge on any atom is -0.337 e. The molecule has 1 N–H and O–H groups in total. The monoisotopic (exact) mass is 327 g/mol. The summed E-state index contributed by atoms with van der Waals surface area (Å²) in [5.74, 6) is 0.988. The largest absolute Gasteiger partial charge is 0.337 e. The molecule has 2 rings (SSSR count). The van der Waals surface area contributed by atoms with Gasteiger partial charge in [-0.05, 0) is 16.7 Å². The van der Waals surface area contributed by atoms with Crippen molar-refractivity contribution in [3.8, 4) is 0 Å². The molecule has 4 nitrogen and oxygen atoms in total. The highest BCUT2D eigenvalue weighted by Crippen LogP contribution is 2.13. The third-order valence-electron chi connectivity index (χ3n) is 3.45. The molecule has 2 heterocycles. The van der Waals surface area contributed by atoms with Crippen molar-refractivity contribution in [2.75, 3.05) is 38.5 Å². The SMILES string of the molecule is CC(C)SCCNC(=O)N1CCN(Cc2cccs2)CC1. The van der Waals surface area contributed by atoms with E-state index in [1.807, 2.05) is 16.7 Å². The smallest absolute Gasteiger partial charge is 0.317 e. The molecule has 1 aromatic heterocycles. The molecule has 118 valence electrons. The van der Waals surface area contributed by atoms with Crippen LogP contribution in [0.4, 0.5) is 4.79 Å². The molecule has 6 heteroatoms. The van der Waals surface area contributed by atoms with Crippen molar-refractivity contribution in [2.24, 2.45) is 0 Å². The summed E-state index contributed by atoms with van der Waals surface area (Å²) < 4.78 is 0. The van der Waals surface area contributed by atoms with Crippen molar-refractivity contribution in [1.82, 2.24) is 15.1 Å². The lowest BCUT2D eigenvalue weighted by Crippen LogP contribution is -2.51. The maximum absolute atomic E-state index is 12.1. The summed E-state index contributed by atoms with van der Waals surface area (Å²) in [5.41, 5.74) is 0. The van der Waals surface area contributed by atoms with Crippen molar-refractivity contribution in [3.63, 3.8) is 0 Å². The Kier molecular flexibility index (Phi) is 6.86. The van der Waals surface area contributed by atoms with Gasteiger partial charge in [0, 0.05) is 49.9 Å². The van der Waals surface area contributed by atoms with Gasteiger partial charge in [0.1, 0.15) is 0 Å². The van der Waals surface area contributed by atoms with Crippen molar-refractivity contribution in [2.45, 2.75) is 25.6 Å². The van der Waals surface area contributed by atoms with E-state index in [0.717, 1.165) is 45.0 Å². The predicted molar refractivity (Wildman–Crippen MR) is 92.2 cm³/mol. The third kappa shape index (κ3) is 5.88. The number of carbonyl (C=O) groups is 1. The van der Waals surface area contributed by atoms with Crippen LogP contribution >= 0.6 is 23.1 Å². The summed E-state index contributed by atoms with van der Waals surface area (Å²) >= 11 is 3.68. The highest BCUT2D eigenvalue weighted by atomic mass is 32.2. The number of amides is 2. The van der Waals surface area contributed by atoms with Crippen LogP contribution in [0, 0.1) is 0 Å². The van der Waals surface area contributed by atoms with Crippen molar-refractivity contribution in [3.05, 3.63) is 22.4 Å². The fourth-order valence-corrected chi connectivity index (χ4v) is 3.73. The number of urea groups is 1. The van der Waals surface area contributed by atoms with Gasteiger partial charge in [-0.1, -0.05) is 19.9 Å². The van der Waals surface area contributed by atoms with E-state index in [4.69, 9.17) is 0 Å². The van der Waals surface area contributed by atoms with Crippen molar-refractivity contribution in [1.29, 1.82) is 0 Å². The summed E-state index contributed by atoms with van der Waals surface area (Å²) in [6, 6.07) is 4.37. The van der Waals surface area contributed by atoms with Crippen LogP contribution < -0.4 is 5.32 Å². The number of piperazine rings is 1. The van der Waals surface area contributed by atoms with E-state index in [1.165, 1.54) is 4.88 Å². The van der Waals surface area contributed by atoms with Gasteiger partial charge in [0.25, 0.3) is 0 Å². The van der Waals surface area contributed by atoms with Gasteiger partial charge < -0.3 is 10.2 Å².